The molecule has 0 radical (unpaired) electrons. The number of carbonyl (C=O) groups is 3. The second kappa shape index (κ2) is 9.62. The highest BCUT2D eigenvalue weighted by molar-refractivity contribution is 5.93. The Morgan fingerprint density at radius 3 is 2.10 bits per heavy atom. The third-order valence-electron chi connectivity index (χ3n) is 5.60. The summed E-state index contributed by atoms with van der Waals surface area (Å²) in [6.45, 7) is 10.8. The van der Waals surface area contributed by atoms with Crippen LogP contribution in [0, 0.1) is 0 Å². The summed E-state index contributed by atoms with van der Waals surface area (Å²) >= 11 is 0. The first-order chi connectivity index (χ1) is 14.7. The van der Waals surface area contributed by atoms with Gasteiger partial charge in [-0.1, -0.05) is 0 Å². The zero-order valence-electron chi connectivity index (χ0n) is 19.0. The summed E-state index contributed by atoms with van der Waals surface area (Å²) in [5.74, 6) is -0.0249. The van der Waals surface area contributed by atoms with Gasteiger partial charge in [-0.05, 0) is 52.7 Å². The maximum absolute atomic E-state index is 13.1. The Morgan fingerprint density at radius 1 is 0.935 bits per heavy atom. The van der Waals surface area contributed by atoms with Crippen LogP contribution in [0.2, 0.25) is 0 Å². The fraction of sp³-hybridized carbons (Fsp3) is 0.682. The van der Waals surface area contributed by atoms with Crippen LogP contribution in [0.25, 0.3) is 0 Å². The number of likely N-dealkylation sites (tertiary alicyclic amines) is 1. The van der Waals surface area contributed by atoms with E-state index >= 15 is 0 Å². The van der Waals surface area contributed by atoms with E-state index in [4.69, 9.17) is 9.47 Å². The molecule has 2 aliphatic rings. The average molecular weight is 435 g/mol. The lowest BCUT2D eigenvalue weighted by molar-refractivity contribution is 0.0186. The molecule has 3 amide bonds. The van der Waals surface area contributed by atoms with E-state index in [9.17, 15) is 14.4 Å². The van der Waals surface area contributed by atoms with E-state index in [0.29, 0.717) is 51.6 Å². The first-order valence-corrected chi connectivity index (χ1v) is 11.1. The van der Waals surface area contributed by atoms with Crippen LogP contribution < -0.4 is 0 Å². The molecule has 0 unspecified atom stereocenters. The van der Waals surface area contributed by atoms with Gasteiger partial charge in [-0.15, -0.1) is 0 Å². The highest BCUT2D eigenvalue weighted by atomic mass is 16.6. The standard InChI is InChI=1S/C22H34N4O5/c1-5-30-20(28)25-15-13-23(14-16-25)19(27)18-7-6-10-26(18)17-8-11-24(12-9-17)21(29)31-22(2,3)4/h6-7,10,17H,5,8-9,11-16H2,1-4H3. The van der Waals surface area contributed by atoms with Crippen molar-refractivity contribution in [3.63, 3.8) is 0 Å². The Hall–Kier alpha value is -2.71. The SMILES string of the molecule is CCOC(=O)N1CCN(C(=O)c2cccn2C2CCN(C(=O)OC(C)(C)C)CC2)CC1. The Bertz CT molecular complexity index is 784. The molecule has 2 saturated heterocycles. The van der Waals surface area contributed by atoms with Crippen molar-refractivity contribution < 1.29 is 23.9 Å². The number of hydrogen-bond donors (Lipinski definition) is 0. The third-order valence-corrected chi connectivity index (χ3v) is 5.60. The third kappa shape index (κ3) is 5.71. The number of carbonyl (C=O) groups excluding carboxylic acids is 3. The van der Waals surface area contributed by atoms with Gasteiger partial charge in [0.25, 0.3) is 5.91 Å². The molecule has 0 saturated carbocycles. The predicted molar refractivity (Wildman–Crippen MR) is 115 cm³/mol. The van der Waals surface area contributed by atoms with Crippen molar-refractivity contribution in [2.24, 2.45) is 0 Å². The molecule has 1 aromatic rings. The number of nitrogens with zero attached hydrogens (tertiary/aromatic N) is 4. The van der Waals surface area contributed by atoms with Crippen molar-refractivity contribution in [2.75, 3.05) is 45.9 Å². The summed E-state index contributed by atoms with van der Waals surface area (Å²) in [4.78, 5) is 42.5. The lowest BCUT2D eigenvalue weighted by atomic mass is 10.0. The van der Waals surface area contributed by atoms with E-state index in [2.05, 4.69) is 0 Å². The number of ether oxygens (including phenoxy) is 2. The molecule has 0 atom stereocenters. The summed E-state index contributed by atoms with van der Waals surface area (Å²) in [5.41, 5.74) is 0.144. The lowest BCUT2D eigenvalue weighted by Crippen LogP contribution is -2.51. The highest BCUT2D eigenvalue weighted by Gasteiger charge is 2.31. The van der Waals surface area contributed by atoms with Gasteiger partial charge in [0.15, 0.2) is 0 Å². The zero-order chi connectivity index (χ0) is 22.6. The Morgan fingerprint density at radius 2 is 1.52 bits per heavy atom. The van der Waals surface area contributed by atoms with Gasteiger partial charge in [0.1, 0.15) is 11.3 Å². The molecule has 2 aliphatic heterocycles. The number of rotatable bonds is 3. The number of piperidine rings is 1. The van der Waals surface area contributed by atoms with Crippen LogP contribution in [-0.4, -0.2) is 88.8 Å². The zero-order valence-corrected chi connectivity index (χ0v) is 19.0. The van der Waals surface area contributed by atoms with E-state index < -0.39 is 5.60 Å². The monoisotopic (exact) mass is 434 g/mol. The summed E-state index contributed by atoms with van der Waals surface area (Å²) in [5, 5.41) is 0. The Labute approximate surface area is 183 Å². The fourth-order valence-electron chi connectivity index (χ4n) is 4.02. The normalized spacial score (nSPS) is 18.1. The van der Waals surface area contributed by atoms with Crippen molar-refractivity contribution >= 4 is 18.1 Å². The van der Waals surface area contributed by atoms with Gasteiger partial charge in [-0.2, -0.15) is 0 Å². The summed E-state index contributed by atoms with van der Waals surface area (Å²) in [6, 6.07) is 3.90. The maximum Gasteiger partial charge on any atom is 0.410 e. The molecule has 0 bridgehead atoms. The van der Waals surface area contributed by atoms with Crippen molar-refractivity contribution in [1.82, 2.24) is 19.3 Å². The van der Waals surface area contributed by atoms with E-state index in [1.54, 1.807) is 21.6 Å². The molecule has 0 N–H and O–H groups in total. The van der Waals surface area contributed by atoms with Gasteiger partial charge in [0, 0.05) is 51.5 Å². The van der Waals surface area contributed by atoms with E-state index in [-0.39, 0.29) is 24.1 Å². The van der Waals surface area contributed by atoms with E-state index in [1.165, 1.54) is 0 Å². The largest absolute Gasteiger partial charge is 0.450 e. The molecule has 0 aromatic carbocycles. The van der Waals surface area contributed by atoms with Gasteiger partial charge in [0.2, 0.25) is 0 Å². The summed E-state index contributed by atoms with van der Waals surface area (Å²) < 4.78 is 12.5. The van der Waals surface area contributed by atoms with Crippen LogP contribution in [0.4, 0.5) is 9.59 Å². The van der Waals surface area contributed by atoms with Crippen LogP contribution in [0.15, 0.2) is 18.3 Å². The molecule has 0 spiro atoms. The lowest BCUT2D eigenvalue weighted by Gasteiger charge is -2.36. The van der Waals surface area contributed by atoms with E-state index in [0.717, 1.165) is 12.8 Å². The Kier molecular flexibility index (Phi) is 7.12. The highest BCUT2D eigenvalue weighted by Crippen LogP contribution is 2.26. The first-order valence-electron chi connectivity index (χ1n) is 11.1. The van der Waals surface area contributed by atoms with Crippen molar-refractivity contribution in [2.45, 2.75) is 52.2 Å². The molecule has 3 heterocycles. The molecular formula is C22H34N4O5. The molecular weight excluding hydrogens is 400 g/mol. The van der Waals surface area contributed by atoms with Crippen LogP contribution >= 0.6 is 0 Å². The molecule has 2 fully saturated rings. The quantitative estimate of drug-likeness (QED) is 0.730. The molecule has 3 rings (SSSR count). The topological polar surface area (TPSA) is 84.3 Å². The number of aromatic nitrogens is 1. The minimum atomic E-state index is -0.509. The minimum absolute atomic E-state index is 0.0249. The van der Waals surface area contributed by atoms with Crippen molar-refractivity contribution in [1.29, 1.82) is 0 Å². The van der Waals surface area contributed by atoms with E-state index in [1.807, 2.05) is 43.7 Å². The van der Waals surface area contributed by atoms with Gasteiger partial charge in [0.05, 0.1) is 6.61 Å². The van der Waals surface area contributed by atoms with Crippen LogP contribution in [0.5, 0.6) is 0 Å². The summed E-state index contributed by atoms with van der Waals surface area (Å²) in [7, 11) is 0. The van der Waals surface area contributed by atoms with Crippen LogP contribution in [-0.2, 0) is 9.47 Å². The fourth-order valence-corrected chi connectivity index (χ4v) is 4.02. The molecule has 0 aliphatic carbocycles. The van der Waals surface area contributed by atoms with Crippen LogP contribution in [0.1, 0.15) is 57.1 Å². The molecule has 31 heavy (non-hydrogen) atoms. The number of amides is 3. The second-order valence-electron chi connectivity index (χ2n) is 8.98. The number of piperazine rings is 1. The molecule has 9 nitrogen and oxygen atoms in total. The van der Waals surface area contributed by atoms with Gasteiger partial charge >= 0.3 is 12.2 Å². The van der Waals surface area contributed by atoms with Crippen LogP contribution in [0.3, 0.4) is 0 Å². The van der Waals surface area contributed by atoms with Gasteiger partial charge < -0.3 is 28.7 Å². The molecule has 1 aromatic heterocycles. The predicted octanol–water partition coefficient (Wildman–Crippen LogP) is 2.97. The average Bonchev–Trinajstić information content (AvgIpc) is 3.22. The van der Waals surface area contributed by atoms with Gasteiger partial charge in [-0.3, -0.25) is 4.79 Å². The maximum atomic E-state index is 13.1. The molecule has 9 heteroatoms. The first kappa shape index (κ1) is 23.0. The second-order valence-corrected chi connectivity index (χ2v) is 8.98. The van der Waals surface area contributed by atoms with Crippen molar-refractivity contribution in [3.8, 4) is 0 Å². The smallest absolute Gasteiger partial charge is 0.410 e. The molecule has 172 valence electrons. The van der Waals surface area contributed by atoms with Crippen molar-refractivity contribution in [3.05, 3.63) is 24.0 Å². The van der Waals surface area contributed by atoms with Gasteiger partial charge in [-0.25, -0.2) is 9.59 Å². The number of hydrogen-bond acceptors (Lipinski definition) is 5. The Balaban J connectivity index is 1.56. The minimum Gasteiger partial charge on any atom is -0.450 e. The summed E-state index contributed by atoms with van der Waals surface area (Å²) in [6.07, 6.45) is 2.87.